The van der Waals surface area contributed by atoms with Gasteiger partial charge in [-0.25, -0.2) is 19.7 Å². The van der Waals surface area contributed by atoms with Crippen molar-refractivity contribution in [2.24, 2.45) is 0 Å². The minimum Gasteiger partial charge on any atom is -0.406 e. The van der Waals surface area contributed by atoms with Crippen LogP contribution in [0, 0.1) is 13.8 Å². The van der Waals surface area contributed by atoms with Gasteiger partial charge in [0.1, 0.15) is 30.0 Å². The molecule has 9 nitrogen and oxygen atoms in total. The molecule has 0 unspecified atom stereocenters. The summed E-state index contributed by atoms with van der Waals surface area (Å²) in [7, 11) is 0. The van der Waals surface area contributed by atoms with E-state index < -0.39 is 12.4 Å². The van der Waals surface area contributed by atoms with Crippen molar-refractivity contribution in [1.29, 1.82) is 0 Å². The van der Waals surface area contributed by atoms with Crippen LogP contribution in [-0.2, 0) is 0 Å². The zero-order valence-electron chi connectivity index (χ0n) is 16.7. The van der Waals surface area contributed by atoms with Crippen molar-refractivity contribution in [2.45, 2.75) is 20.2 Å². The molecular formula is C19H20F3N7O2. The topological polar surface area (TPSA) is 106 Å². The van der Waals surface area contributed by atoms with Crippen LogP contribution in [0.15, 0.2) is 43.0 Å². The number of urea groups is 1. The maximum Gasteiger partial charge on any atom is 0.573 e. The first kappa shape index (κ1) is 21.9. The lowest BCUT2D eigenvalue weighted by Crippen LogP contribution is -2.32. The van der Waals surface area contributed by atoms with E-state index in [1.54, 1.807) is 12.4 Å². The molecule has 0 saturated carbocycles. The number of carbonyl (C=O) groups is 1. The maximum absolute atomic E-state index is 12.2. The van der Waals surface area contributed by atoms with Gasteiger partial charge in [0.15, 0.2) is 0 Å². The monoisotopic (exact) mass is 435 g/mol. The van der Waals surface area contributed by atoms with Gasteiger partial charge in [-0.05, 0) is 38.1 Å². The Balaban J connectivity index is 1.44. The second-order valence-corrected chi connectivity index (χ2v) is 6.43. The molecule has 0 aliphatic heterocycles. The summed E-state index contributed by atoms with van der Waals surface area (Å²) in [4.78, 5) is 24.5. The van der Waals surface area contributed by atoms with Crippen molar-refractivity contribution in [2.75, 3.05) is 23.7 Å². The Bertz CT molecular complexity index is 1040. The second-order valence-electron chi connectivity index (χ2n) is 6.43. The van der Waals surface area contributed by atoms with E-state index in [-0.39, 0.29) is 12.3 Å². The van der Waals surface area contributed by atoms with Crippen LogP contribution in [0.5, 0.6) is 5.75 Å². The molecule has 31 heavy (non-hydrogen) atoms. The van der Waals surface area contributed by atoms with Gasteiger partial charge in [-0.2, -0.15) is 0 Å². The SMILES string of the molecule is Cc1ncn(-c2cc(NCCNC(=O)Nc3ccc(OC(F)(F)F)cc3)ncn2)c1C. The molecule has 2 aromatic heterocycles. The zero-order valence-corrected chi connectivity index (χ0v) is 16.7. The summed E-state index contributed by atoms with van der Waals surface area (Å²) in [5.41, 5.74) is 2.21. The number of benzene rings is 1. The standard InChI is InChI=1S/C19H20F3N7O2/c1-12-13(2)29(11-27-12)17-9-16(25-10-26-17)23-7-8-24-18(30)28-14-3-5-15(6-4-14)31-19(20,21)22/h3-6,9-11H,7-8H2,1-2H3,(H,23,25,26)(H2,24,28,30). The molecule has 164 valence electrons. The molecule has 2 heterocycles. The van der Waals surface area contributed by atoms with E-state index >= 15 is 0 Å². The number of ether oxygens (including phenoxy) is 1. The highest BCUT2D eigenvalue weighted by molar-refractivity contribution is 5.89. The number of hydrogen-bond donors (Lipinski definition) is 3. The average molecular weight is 435 g/mol. The van der Waals surface area contributed by atoms with Crippen LogP contribution in [0.1, 0.15) is 11.4 Å². The van der Waals surface area contributed by atoms with Gasteiger partial charge in [0.25, 0.3) is 0 Å². The van der Waals surface area contributed by atoms with Gasteiger partial charge in [-0.15, -0.1) is 13.2 Å². The van der Waals surface area contributed by atoms with Crippen molar-refractivity contribution in [1.82, 2.24) is 24.8 Å². The van der Waals surface area contributed by atoms with Crippen LogP contribution >= 0.6 is 0 Å². The third-order valence-electron chi connectivity index (χ3n) is 4.21. The van der Waals surface area contributed by atoms with E-state index in [1.807, 2.05) is 18.4 Å². The zero-order chi connectivity index (χ0) is 22.4. The van der Waals surface area contributed by atoms with E-state index in [1.165, 1.54) is 18.5 Å². The minimum atomic E-state index is -4.76. The molecular weight excluding hydrogens is 415 g/mol. The predicted octanol–water partition coefficient (Wildman–Crippen LogP) is 3.41. The molecule has 1 aromatic carbocycles. The Kier molecular flexibility index (Phi) is 6.58. The van der Waals surface area contributed by atoms with Crippen molar-refractivity contribution in [3.05, 3.63) is 54.4 Å². The number of aryl methyl sites for hydroxylation is 1. The Morgan fingerprint density at radius 1 is 1.10 bits per heavy atom. The Labute approximate surface area is 175 Å². The fraction of sp³-hybridized carbons (Fsp3) is 0.263. The number of hydrogen-bond acceptors (Lipinski definition) is 6. The molecule has 3 N–H and O–H groups in total. The molecule has 0 saturated heterocycles. The summed E-state index contributed by atoms with van der Waals surface area (Å²) in [6, 6.07) is 6.10. The summed E-state index contributed by atoms with van der Waals surface area (Å²) in [6.45, 7) is 4.53. The lowest BCUT2D eigenvalue weighted by Gasteiger charge is -2.11. The van der Waals surface area contributed by atoms with Gasteiger partial charge in [0.2, 0.25) is 0 Å². The van der Waals surface area contributed by atoms with Gasteiger partial charge in [-0.1, -0.05) is 0 Å². The number of carbonyl (C=O) groups excluding carboxylic acids is 1. The molecule has 0 atom stereocenters. The van der Waals surface area contributed by atoms with Crippen LogP contribution in [-0.4, -0.2) is 45.0 Å². The molecule has 0 spiro atoms. The molecule has 0 aliphatic carbocycles. The quantitative estimate of drug-likeness (QED) is 0.491. The highest BCUT2D eigenvalue weighted by atomic mass is 19.4. The number of rotatable bonds is 7. The number of halogens is 3. The van der Waals surface area contributed by atoms with Gasteiger partial charge in [0, 0.05) is 30.5 Å². The summed E-state index contributed by atoms with van der Waals surface area (Å²) in [5, 5.41) is 8.23. The number of amides is 2. The fourth-order valence-corrected chi connectivity index (χ4v) is 2.59. The summed E-state index contributed by atoms with van der Waals surface area (Å²) in [6.07, 6.45) is -1.65. The molecule has 0 aliphatic rings. The molecule has 0 fully saturated rings. The first-order valence-electron chi connectivity index (χ1n) is 9.19. The number of nitrogens with zero attached hydrogens (tertiary/aromatic N) is 4. The largest absolute Gasteiger partial charge is 0.573 e. The van der Waals surface area contributed by atoms with Crippen LogP contribution in [0.2, 0.25) is 0 Å². The van der Waals surface area contributed by atoms with Crippen LogP contribution < -0.4 is 20.7 Å². The first-order valence-corrected chi connectivity index (χ1v) is 9.19. The Hall–Kier alpha value is -3.83. The van der Waals surface area contributed by atoms with Gasteiger partial charge in [0.05, 0.1) is 5.69 Å². The molecule has 0 radical (unpaired) electrons. The molecule has 3 aromatic rings. The number of imidazole rings is 1. The van der Waals surface area contributed by atoms with Gasteiger partial charge >= 0.3 is 12.4 Å². The molecule has 3 rings (SSSR count). The number of alkyl halides is 3. The van der Waals surface area contributed by atoms with Crippen molar-refractivity contribution in [3.8, 4) is 11.6 Å². The number of anilines is 2. The maximum atomic E-state index is 12.2. The van der Waals surface area contributed by atoms with E-state index in [0.717, 1.165) is 23.5 Å². The summed E-state index contributed by atoms with van der Waals surface area (Å²) in [5.74, 6) is 0.880. The number of nitrogens with one attached hydrogen (secondary N) is 3. The molecule has 12 heteroatoms. The normalized spacial score (nSPS) is 11.1. The molecule has 0 bridgehead atoms. The highest BCUT2D eigenvalue weighted by Gasteiger charge is 2.30. The predicted molar refractivity (Wildman–Crippen MR) is 107 cm³/mol. The molecule has 2 amide bonds. The summed E-state index contributed by atoms with van der Waals surface area (Å²) >= 11 is 0. The smallest absolute Gasteiger partial charge is 0.406 e. The van der Waals surface area contributed by atoms with E-state index in [2.05, 4.69) is 35.6 Å². The third-order valence-corrected chi connectivity index (χ3v) is 4.21. The van der Waals surface area contributed by atoms with Crippen molar-refractivity contribution < 1.29 is 22.7 Å². The van der Waals surface area contributed by atoms with E-state index in [9.17, 15) is 18.0 Å². The van der Waals surface area contributed by atoms with Crippen LogP contribution in [0.3, 0.4) is 0 Å². The van der Waals surface area contributed by atoms with E-state index in [4.69, 9.17) is 0 Å². The van der Waals surface area contributed by atoms with Crippen molar-refractivity contribution >= 4 is 17.5 Å². The van der Waals surface area contributed by atoms with Crippen molar-refractivity contribution in [3.63, 3.8) is 0 Å². The lowest BCUT2D eigenvalue weighted by atomic mass is 10.3. The minimum absolute atomic E-state index is 0.281. The second kappa shape index (κ2) is 9.32. The highest BCUT2D eigenvalue weighted by Crippen LogP contribution is 2.23. The van der Waals surface area contributed by atoms with Gasteiger partial charge < -0.3 is 20.7 Å². The lowest BCUT2D eigenvalue weighted by molar-refractivity contribution is -0.274. The van der Waals surface area contributed by atoms with Gasteiger partial charge in [-0.3, -0.25) is 4.57 Å². The third kappa shape index (κ3) is 6.32. The Morgan fingerprint density at radius 2 is 1.84 bits per heavy atom. The summed E-state index contributed by atoms with van der Waals surface area (Å²) < 4.78 is 42.1. The first-order chi connectivity index (χ1) is 14.7. The van der Waals surface area contributed by atoms with Crippen LogP contribution in [0.4, 0.5) is 29.5 Å². The number of aromatic nitrogens is 4. The Morgan fingerprint density at radius 3 is 2.48 bits per heavy atom. The fourth-order valence-electron chi connectivity index (χ4n) is 2.59. The average Bonchev–Trinajstić information content (AvgIpc) is 3.05. The van der Waals surface area contributed by atoms with Crippen LogP contribution in [0.25, 0.3) is 5.82 Å². The van der Waals surface area contributed by atoms with E-state index in [0.29, 0.717) is 23.9 Å².